The molecule has 0 unspecified atom stereocenters. The third-order valence-electron chi connectivity index (χ3n) is 8.22. The molecule has 2 aromatic carbocycles. The van der Waals surface area contributed by atoms with E-state index < -0.39 is 38.1 Å². The topological polar surface area (TPSA) is 160 Å². The zero-order chi connectivity index (χ0) is 35.2. The van der Waals surface area contributed by atoms with Crippen LogP contribution in [0.5, 0.6) is 5.75 Å². The van der Waals surface area contributed by atoms with Gasteiger partial charge in [0, 0.05) is 56.6 Å². The van der Waals surface area contributed by atoms with Crippen molar-refractivity contribution in [2.75, 3.05) is 38.1 Å². The lowest BCUT2D eigenvalue weighted by atomic mass is 10.0. The number of benzene rings is 2. The van der Waals surface area contributed by atoms with Gasteiger partial charge < -0.3 is 24.0 Å². The number of ether oxygens (including phenoxy) is 2. The number of carbonyl (C=O) groups excluding carboxylic acids is 1. The minimum atomic E-state index is -4.06. The van der Waals surface area contributed by atoms with E-state index in [4.69, 9.17) is 21.1 Å². The van der Waals surface area contributed by atoms with Gasteiger partial charge in [0.05, 0.1) is 41.6 Å². The minimum absolute atomic E-state index is 0.0111. The number of rotatable bonds is 9. The number of likely N-dealkylation sites (N-methyl/N-ethyl adjacent to an activating group) is 1. The zero-order valence-corrected chi connectivity index (χ0v) is 30.1. The SMILES string of the molecule is C[C@H](CO)N1C[C@H](C)[C@@H](CN(C)S(=O)(=O)c2ccc(Cl)cc2)OCCCC[C@H](C)Oc2ccc(NS(=O)(=O)c3cn(C)cn3)cc2C1=O. The second kappa shape index (κ2) is 16.0. The zero-order valence-electron chi connectivity index (χ0n) is 27.7. The molecule has 3 aromatic rings. The number of nitrogens with zero attached hydrogens (tertiary/aromatic N) is 4. The second-order valence-corrected chi connectivity index (χ2v) is 16.3. The minimum Gasteiger partial charge on any atom is -0.490 e. The highest BCUT2D eigenvalue weighted by atomic mass is 35.5. The number of amides is 1. The Balaban J connectivity index is 1.67. The lowest BCUT2D eigenvalue weighted by Crippen LogP contribution is -2.48. The Bertz CT molecular complexity index is 1770. The predicted molar refractivity (Wildman–Crippen MR) is 182 cm³/mol. The van der Waals surface area contributed by atoms with Crippen LogP contribution in [0.4, 0.5) is 5.69 Å². The van der Waals surface area contributed by atoms with Gasteiger partial charge in [0.25, 0.3) is 15.9 Å². The van der Waals surface area contributed by atoms with Gasteiger partial charge in [-0.05, 0) is 75.6 Å². The number of aliphatic hydroxyl groups excluding tert-OH is 1. The van der Waals surface area contributed by atoms with E-state index in [-0.39, 0.29) is 58.6 Å². The van der Waals surface area contributed by atoms with Gasteiger partial charge >= 0.3 is 0 Å². The van der Waals surface area contributed by atoms with Crippen LogP contribution >= 0.6 is 11.6 Å². The first-order chi connectivity index (χ1) is 22.6. The highest BCUT2D eigenvalue weighted by Crippen LogP contribution is 2.30. The number of sulfonamides is 2. The van der Waals surface area contributed by atoms with Crippen molar-refractivity contribution < 1.29 is 36.2 Å². The summed E-state index contributed by atoms with van der Waals surface area (Å²) in [5.74, 6) is -0.611. The van der Waals surface area contributed by atoms with Crippen molar-refractivity contribution in [3.8, 4) is 5.75 Å². The Morgan fingerprint density at radius 2 is 1.83 bits per heavy atom. The fraction of sp³-hybridized carbons (Fsp3) is 0.500. The molecule has 2 N–H and O–H groups in total. The third-order valence-corrected chi connectivity index (χ3v) is 11.6. The van der Waals surface area contributed by atoms with Crippen LogP contribution < -0.4 is 9.46 Å². The number of aryl methyl sites for hydroxylation is 1. The van der Waals surface area contributed by atoms with Gasteiger partial charge in [-0.3, -0.25) is 9.52 Å². The Hall–Kier alpha value is -3.21. The van der Waals surface area contributed by atoms with E-state index in [0.717, 1.165) is 6.42 Å². The molecule has 0 bridgehead atoms. The summed E-state index contributed by atoms with van der Waals surface area (Å²) in [5.41, 5.74) is 0.234. The van der Waals surface area contributed by atoms with Gasteiger partial charge in [0.2, 0.25) is 10.0 Å². The molecule has 1 aliphatic heterocycles. The van der Waals surface area contributed by atoms with Gasteiger partial charge in [0.15, 0.2) is 5.03 Å². The summed E-state index contributed by atoms with van der Waals surface area (Å²) in [6.07, 6.45) is 3.93. The third kappa shape index (κ3) is 9.27. The molecule has 4 rings (SSSR count). The van der Waals surface area contributed by atoms with Crippen LogP contribution in [-0.2, 0) is 31.8 Å². The fourth-order valence-corrected chi connectivity index (χ4v) is 7.66. The quantitative estimate of drug-likeness (QED) is 0.333. The number of aromatic nitrogens is 2. The number of hydrogen-bond donors (Lipinski definition) is 2. The molecule has 16 heteroatoms. The van der Waals surface area contributed by atoms with E-state index in [2.05, 4.69) is 9.71 Å². The lowest BCUT2D eigenvalue weighted by molar-refractivity contribution is -0.00833. The maximum absolute atomic E-state index is 14.3. The number of fused-ring (bicyclic) bond motifs is 1. The largest absolute Gasteiger partial charge is 0.490 e. The molecule has 0 radical (unpaired) electrons. The van der Waals surface area contributed by atoms with Crippen LogP contribution in [0.15, 0.2) is 64.9 Å². The van der Waals surface area contributed by atoms with Crippen molar-refractivity contribution in [1.82, 2.24) is 18.8 Å². The van der Waals surface area contributed by atoms with Crippen LogP contribution in [0.2, 0.25) is 5.02 Å². The Morgan fingerprint density at radius 1 is 1.12 bits per heavy atom. The van der Waals surface area contributed by atoms with E-state index in [0.29, 0.717) is 24.5 Å². The summed E-state index contributed by atoms with van der Waals surface area (Å²) in [6.45, 7) is 5.56. The van der Waals surface area contributed by atoms with Crippen LogP contribution in [0.1, 0.15) is 50.4 Å². The fourth-order valence-electron chi connectivity index (χ4n) is 5.32. The van der Waals surface area contributed by atoms with E-state index in [9.17, 15) is 26.7 Å². The van der Waals surface area contributed by atoms with Crippen LogP contribution in [0.25, 0.3) is 0 Å². The van der Waals surface area contributed by atoms with E-state index >= 15 is 0 Å². The Kier molecular flexibility index (Phi) is 12.5. The Labute approximate surface area is 287 Å². The van der Waals surface area contributed by atoms with E-state index in [1.54, 1.807) is 20.0 Å². The first kappa shape index (κ1) is 37.6. The van der Waals surface area contributed by atoms with Crippen molar-refractivity contribution in [3.63, 3.8) is 0 Å². The number of nitrogens with one attached hydrogen (secondary N) is 1. The van der Waals surface area contributed by atoms with Gasteiger partial charge in [0.1, 0.15) is 5.75 Å². The molecule has 48 heavy (non-hydrogen) atoms. The molecule has 264 valence electrons. The first-order valence-electron chi connectivity index (χ1n) is 15.7. The Morgan fingerprint density at radius 3 is 2.48 bits per heavy atom. The average molecular weight is 726 g/mol. The molecule has 2 heterocycles. The molecule has 13 nitrogen and oxygen atoms in total. The molecule has 0 spiro atoms. The summed E-state index contributed by atoms with van der Waals surface area (Å²) >= 11 is 5.97. The van der Waals surface area contributed by atoms with Crippen LogP contribution in [0, 0.1) is 5.92 Å². The van der Waals surface area contributed by atoms with Gasteiger partial charge in [-0.25, -0.2) is 13.4 Å². The molecule has 0 aliphatic carbocycles. The van der Waals surface area contributed by atoms with Gasteiger partial charge in [-0.15, -0.1) is 0 Å². The average Bonchev–Trinajstić information content (AvgIpc) is 3.49. The lowest BCUT2D eigenvalue weighted by Gasteiger charge is -2.35. The summed E-state index contributed by atoms with van der Waals surface area (Å²) in [7, 11) is -4.80. The molecule has 1 amide bonds. The summed E-state index contributed by atoms with van der Waals surface area (Å²) in [5, 5.41) is 10.4. The maximum Gasteiger partial charge on any atom is 0.280 e. The standard InChI is InChI=1S/C32H44ClN5O8S2/c1-22-17-38(23(2)20-39)32(40)28-16-26(35-47(41,42)31-19-36(4)21-34-31)11-14-29(28)46-24(3)8-6-7-15-45-30(22)18-37(5)48(43,44)27-12-9-25(33)10-13-27/h9-14,16,19,21-24,30,35,39H,6-8,15,17-18,20H2,1-5H3/t22-,23+,24-,30+/m0/s1. The smallest absolute Gasteiger partial charge is 0.280 e. The molecular formula is C32H44ClN5O8S2. The van der Waals surface area contributed by atoms with Crippen LogP contribution in [-0.4, -0.2) is 98.2 Å². The molecular weight excluding hydrogens is 682 g/mol. The van der Waals surface area contributed by atoms with Crippen LogP contribution in [0.3, 0.4) is 0 Å². The number of hydrogen-bond acceptors (Lipinski definition) is 9. The number of carbonyl (C=O) groups is 1. The van der Waals surface area contributed by atoms with Crippen molar-refractivity contribution in [2.24, 2.45) is 13.0 Å². The summed E-state index contributed by atoms with van der Waals surface area (Å²) < 4.78 is 70.6. The highest BCUT2D eigenvalue weighted by Gasteiger charge is 2.32. The monoisotopic (exact) mass is 725 g/mol. The number of aliphatic hydroxyl groups is 1. The first-order valence-corrected chi connectivity index (χ1v) is 19.0. The molecule has 1 aliphatic rings. The molecule has 0 fully saturated rings. The second-order valence-electron chi connectivity index (χ2n) is 12.2. The molecule has 0 saturated heterocycles. The van der Waals surface area contributed by atoms with Crippen molar-refractivity contribution in [3.05, 3.63) is 65.6 Å². The number of anilines is 1. The number of halogens is 1. The van der Waals surface area contributed by atoms with Crippen molar-refractivity contribution in [1.29, 1.82) is 0 Å². The van der Waals surface area contributed by atoms with E-state index in [1.807, 2.05) is 13.8 Å². The van der Waals surface area contributed by atoms with Crippen molar-refractivity contribution in [2.45, 2.75) is 68.2 Å². The normalized spacial score (nSPS) is 20.9. The molecule has 0 saturated carbocycles. The van der Waals surface area contributed by atoms with Gasteiger partial charge in [-0.1, -0.05) is 18.5 Å². The van der Waals surface area contributed by atoms with Gasteiger partial charge in [-0.2, -0.15) is 12.7 Å². The highest BCUT2D eigenvalue weighted by molar-refractivity contribution is 7.92. The van der Waals surface area contributed by atoms with Crippen molar-refractivity contribution >= 4 is 43.2 Å². The summed E-state index contributed by atoms with van der Waals surface area (Å²) in [6, 6.07) is 9.76. The van der Waals surface area contributed by atoms with E-state index in [1.165, 1.54) is 69.7 Å². The predicted octanol–water partition coefficient (Wildman–Crippen LogP) is 3.99. The molecule has 1 aromatic heterocycles. The number of imidazole rings is 1. The summed E-state index contributed by atoms with van der Waals surface area (Å²) in [4.78, 5) is 19.8. The molecule has 4 atom stereocenters. The maximum atomic E-state index is 14.3.